The maximum Gasteiger partial charge on any atom is 0.417 e. The molecule has 0 spiro atoms. The van der Waals surface area contributed by atoms with E-state index in [0.717, 1.165) is 12.5 Å². The highest BCUT2D eigenvalue weighted by Crippen LogP contribution is 2.41. The lowest BCUT2D eigenvalue weighted by atomic mass is 9.99. The van der Waals surface area contributed by atoms with Crippen LogP contribution in [0.15, 0.2) is 42.5 Å². The lowest BCUT2D eigenvalue weighted by molar-refractivity contribution is -0.139. The molecular formula is C21H20ClF6NO. The fraction of sp³-hybridized carbons (Fsp3) is 0.429. The molecule has 1 fully saturated rings. The van der Waals surface area contributed by atoms with Crippen LogP contribution in [0.5, 0.6) is 5.75 Å². The van der Waals surface area contributed by atoms with Gasteiger partial charge in [0.2, 0.25) is 0 Å². The summed E-state index contributed by atoms with van der Waals surface area (Å²) in [6.07, 6.45) is -8.46. The third kappa shape index (κ3) is 6.04. The van der Waals surface area contributed by atoms with E-state index in [1.807, 2.05) is 0 Å². The van der Waals surface area contributed by atoms with Gasteiger partial charge in [-0.1, -0.05) is 29.8 Å². The van der Waals surface area contributed by atoms with Crippen LogP contribution in [-0.4, -0.2) is 36.8 Å². The molecule has 164 valence electrons. The average molecular weight is 452 g/mol. The molecule has 1 aliphatic rings. The zero-order chi connectivity index (χ0) is 21.9. The fourth-order valence-electron chi connectivity index (χ4n) is 3.54. The molecule has 2 aromatic carbocycles. The topological polar surface area (TPSA) is 12.5 Å². The Morgan fingerprint density at radius 3 is 2.33 bits per heavy atom. The number of hydrogen-bond donors (Lipinski definition) is 0. The second-order valence-electron chi connectivity index (χ2n) is 7.23. The first kappa shape index (κ1) is 22.7. The van der Waals surface area contributed by atoms with Gasteiger partial charge in [-0.15, -0.1) is 0 Å². The van der Waals surface area contributed by atoms with E-state index in [9.17, 15) is 26.3 Å². The Balaban J connectivity index is 1.69. The summed E-state index contributed by atoms with van der Waals surface area (Å²) in [5.41, 5.74) is -0.624. The number of benzene rings is 2. The second-order valence-corrected chi connectivity index (χ2v) is 7.64. The van der Waals surface area contributed by atoms with E-state index in [1.165, 1.54) is 24.3 Å². The van der Waals surface area contributed by atoms with E-state index < -0.39 is 24.3 Å². The van der Waals surface area contributed by atoms with Crippen molar-refractivity contribution in [2.45, 2.75) is 37.7 Å². The molecule has 30 heavy (non-hydrogen) atoms. The van der Waals surface area contributed by atoms with Crippen molar-refractivity contribution in [1.29, 1.82) is 0 Å². The standard InChI is InChI=1S/C21H20ClF6NO/c22-18-5-1-4-17(21(26,27)28)19(18)14-6-8-15(9-7-14)30-16-3-2-11-29(13-16)12-10-20(23,24)25/h1,4-9,16H,2-3,10-13H2. The van der Waals surface area contributed by atoms with Crippen LogP contribution in [0.3, 0.4) is 0 Å². The molecule has 1 atom stereocenters. The molecule has 1 heterocycles. The van der Waals surface area contributed by atoms with Crippen molar-refractivity contribution in [2.24, 2.45) is 0 Å². The maximum absolute atomic E-state index is 13.3. The smallest absolute Gasteiger partial charge is 0.417 e. The summed E-state index contributed by atoms with van der Waals surface area (Å²) in [5.74, 6) is 0.446. The summed E-state index contributed by atoms with van der Waals surface area (Å²) in [5, 5.41) is -0.00826. The van der Waals surface area contributed by atoms with E-state index in [1.54, 1.807) is 17.0 Å². The summed E-state index contributed by atoms with van der Waals surface area (Å²) in [6.45, 7) is 0.886. The van der Waals surface area contributed by atoms with Crippen molar-refractivity contribution < 1.29 is 31.1 Å². The van der Waals surface area contributed by atoms with Gasteiger partial charge in [0.1, 0.15) is 11.9 Å². The molecule has 0 N–H and O–H groups in total. The normalized spacial score (nSPS) is 18.4. The predicted molar refractivity (Wildman–Crippen MR) is 103 cm³/mol. The van der Waals surface area contributed by atoms with Crippen LogP contribution >= 0.6 is 11.6 Å². The van der Waals surface area contributed by atoms with Crippen molar-refractivity contribution in [3.8, 4) is 16.9 Å². The van der Waals surface area contributed by atoms with Gasteiger partial charge in [-0.25, -0.2) is 0 Å². The van der Waals surface area contributed by atoms with Crippen molar-refractivity contribution >= 4 is 11.6 Å². The van der Waals surface area contributed by atoms with Gasteiger partial charge in [-0.2, -0.15) is 26.3 Å². The molecule has 0 radical (unpaired) electrons. The van der Waals surface area contributed by atoms with Crippen LogP contribution in [-0.2, 0) is 6.18 Å². The van der Waals surface area contributed by atoms with Crippen molar-refractivity contribution in [1.82, 2.24) is 4.90 Å². The summed E-state index contributed by atoms with van der Waals surface area (Å²) in [6, 6.07) is 9.71. The highest BCUT2D eigenvalue weighted by atomic mass is 35.5. The Kier molecular flexibility index (Phi) is 6.87. The number of halogens is 7. The van der Waals surface area contributed by atoms with E-state index in [2.05, 4.69) is 0 Å². The summed E-state index contributed by atoms with van der Waals surface area (Å²) in [7, 11) is 0. The molecule has 0 aromatic heterocycles. The molecule has 0 amide bonds. The van der Waals surface area contributed by atoms with Crippen LogP contribution in [0, 0.1) is 0 Å². The molecular weight excluding hydrogens is 432 g/mol. The Bertz CT molecular complexity index is 850. The number of alkyl halides is 6. The molecule has 0 bridgehead atoms. The van der Waals surface area contributed by atoms with Gasteiger partial charge >= 0.3 is 12.4 Å². The summed E-state index contributed by atoms with van der Waals surface area (Å²) >= 11 is 6.03. The van der Waals surface area contributed by atoms with Crippen molar-refractivity contribution in [2.75, 3.05) is 19.6 Å². The minimum Gasteiger partial charge on any atom is -0.489 e. The molecule has 3 rings (SSSR count). The van der Waals surface area contributed by atoms with Gasteiger partial charge in [-0.3, -0.25) is 4.90 Å². The number of rotatable bonds is 5. The first-order valence-electron chi connectivity index (χ1n) is 9.45. The zero-order valence-electron chi connectivity index (χ0n) is 15.9. The van der Waals surface area contributed by atoms with Gasteiger partial charge in [0.05, 0.1) is 12.0 Å². The van der Waals surface area contributed by atoms with E-state index in [-0.39, 0.29) is 23.2 Å². The quantitative estimate of drug-likeness (QED) is 0.462. The van der Waals surface area contributed by atoms with Crippen LogP contribution < -0.4 is 4.74 Å². The lowest BCUT2D eigenvalue weighted by Gasteiger charge is -2.33. The first-order chi connectivity index (χ1) is 14.0. The minimum atomic E-state index is -4.54. The largest absolute Gasteiger partial charge is 0.489 e. The van der Waals surface area contributed by atoms with Gasteiger partial charge in [0.25, 0.3) is 0 Å². The number of piperidine rings is 1. The van der Waals surface area contributed by atoms with Gasteiger partial charge in [-0.05, 0) is 49.2 Å². The van der Waals surface area contributed by atoms with Crippen LogP contribution in [0.25, 0.3) is 11.1 Å². The Hall–Kier alpha value is -1.93. The zero-order valence-corrected chi connectivity index (χ0v) is 16.6. The molecule has 2 aromatic rings. The maximum atomic E-state index is 13.3. The lowest BCUT2D eigenvalue weighted by Crippen LogP contribution is -2.42. The third-order valence-corrected chi connectivity index (χ3v) is 5.25. The molecule has 0 aliphatic carbocycles. The highest BCUT2D eigenvalue weighted by molar-refractivity contribution is 6.33. The van der Waals surface area contributed by atoms with Crippen molar-refractivity contribution in [3.05, 3.63) is 53.1 Å². The van der Waals surface area contributed by atoms with E-state index in [4.69, 9.17) is 16.3 Å². The SMILES string of the molecule is FC(F)(F)CCN1CCCC(Oc2ccc(-c3c(Cl)cccc3C(F)(F)F)cc2)C1. The molecule has 1 unspecified atom stereocenters. The fourth-order valence-corrected chi connectivity index (χ4v) is 3.83. The average Bonchev–Trinajstić information content (AvgIpc) is 2.66. The molecule has 0 saturated carbocycles. The highest BCUT2D eigenvalue weighted by Gasteiger charge is 2.34. The van der Waals surface area contributed by atoms with Crippen molar-refractivity contribution in [3.63, 3.8) is 0 Å². The van der Waals surface area contributed by atoms with Gasteiger partial charge < -0.3 is 4.74 Å². The number of likely N-dealkylation sites (tertiary alicyclic amines) is 1. The molecule has 1 aliphatic heterocycles. The molecule has 1 saturated heterocycles. The van der Waals surface area contributed by atoms with Crippen LogP contribution in [0.4, 0.5) is 26.3 Å². The second kappa shape index (κ2) is 9.06. The predicted octanol–water partition coefficient (Wildman–Crippen LogP) is 6.82. The number of hydrogen-bond acceptors (Lipinski definition) is 2. The number of ether oxygens (including phenoxy) is 1. The van der Waals surface area contributed by atoms with Gasteiger partial charge in [0.15, 0.2) is 0 Å². The first-order valence-corrected chi connectivity index (χ1v) is 9.82. The van der Waals surface area contributed by atoms with Crippen LogP contribution in [0.2, 0.25) is 5.02 Å². The molecule has 2 nitrogen and oxygen atoms in total. The third-order valence-electron chi connectivity index (χ3n) is 4.94. The summed E-state index contributed by atoms with van der Waals surface area (Å²) in [4.78, 5) is 1.72. The van der Waals surface area contributed by atoms with E-state index >= 15 is 0 Å². The minimum absolute atomic E-state index is 0.00826. The Labute approximate surface area is 175 Å². The monoisotopic (exact) mass is 451 g/mol. The number of nitrogens with zero attached hydrogens (tertiary/aromatic N) is 1. The molecule has 9 heteroatoms. The Morgan fingerprint density at radius 2 is 1.70 bits per heavy atom. The van der Waals surface area contributed by atoms with Gasteiger partial charge in [0, 0.05) is 23.7 Å². The summed E-state index contributed by atoms with van der Waals surface area (Å²) < 4.78 is 83.1. The van der Waals surface area contributed by atoms with Crippen LogP contribution in [0.1, 0.15) is 24.8 Å². The Morgan fingerprint density at radius 1 is 1.00 bits per heavy atom. The van der Waals surface area contributed by atoms with E-state index in [0.29, 0.717) is 30.8 Å².